The first kappa shape index (κ1) is 11.0. The van der Waals surface area contributed by atoms with Gasteiger partial charge in [0.05, 0.1) is 0 Å². The highest BCUT2D eigenvalue weighted by Crippen LogP contribution is 2.21. The molecule has 0 aromatic heterocycles. The molecule has 0 radical (unpaired) electrons. The minimum Gasteiger partial charge on any atom is -0.336 e. The summed E-state index contributed by atoms with van der Waals surface area (Å²) in [6.45, 7) is 2.16. The monoisotopic (exact) mass is 226 g/mol. The van der Waals surface area contributed by atoms with Gasteiger partial charge in [0.1, 0.15) is 0 Å². The Balaban J connectivity index is 2.54. The molecule has 0 saturated heterocycles. The van der Waals surface area contributed by atoms with Crippen molar-refractivity contribution in [1.82, 2.24) is 0 Å². The maximum atomic E-state index is 6.03. The summed E-state index contributed by atoms with van der Waals surface area (Å²) in [7, 11) is 6.03. The fourth-order valence-electron chi connectivity index (χ4n) is 1.76. The van der Waals surface area contributed by atoms with Crippen molar-refractivity contribution >= 4 is 32.0 Å². The zero-order chi connectivity index (χ0) is 10.7. The van der Waals surface area contributed by atoms with Crippen LogP contribution in [0.3, 0.4) is 0 Å². The molecule has 2 aromatic carbocycles. The quantitative estimate of drug-likeness (QED) is 0.691. The molecule has 2 rings (SSSR count). The van der Waals surface area contributed by atoms with Gasteiger partial charge in [-0.25, -0.2) is 0 Å². The Morgan fingerprint density at radius 2 is 1.67 bits per heavy atom. The first-order valence-corrected chi connectivity index (χ1v) is 7.87. The van der Waals surface area contributed by atoms with E-state index in [4.69, 9.17) is 9.07 Å². The molecule has 0 unspecified atom stereocenters. The van der Waals surface area contributed by atoms with Gasteiger partial charge in [0.15, 0.2) is 0 Å². The van der Waals surface area contributed by atoms with E-state index in [0.29, 0.717) is 0 Å². The molecule has 2 aromatic rings. The van der Waals surface area contributed by atoms with E-state index in [2.05, 4.69) is 49.4 Å². The Morgan fingerprint density at radius 3 is 2.33 bits per heavy atom. The Labute approximate surface area is 104 Å². The van der Waals surface area contributed by atoms with E-state index < -0.39 is 19.3 Å². The standard InChI is InChI=1S/C13H11.ClH.Mg/c1-11-7-5-6-10-13(11)12-8-3-2-4-9-12;;/h2-6,8-10H,1H3;1H;/q;;+1/p-1. The highest BCUT2D eigenvalue weighted by atomic mass is 35.5. The van der Waals surface area contributed by atoms with Gasteiger partial charge in [-0.1, -0.05) is 54.1 Å². The molecule has 0 fully saturated rings. The van der Waals surface area contributed by atoms with Crippen LogP contribution in [0.25, 0.3) is 11.1 Å². The lowest BCUT2D eigenvalue weighted by atomic mass is 10.0. The predicted molar refractivity (Wildman–Crippen MR) is 67.9 cm³/mol. The smallest absolute Gasteiger partial charge is 0.336 e. The van der Waals surface area contributed by atoms with Crippen LogP contribution in [0.4, 0.5) is 0 Å². The van der Waals surface area contributed by atoms with E-state index in [1.165, 1.54) is 20.4 Å². The third kappa shape index (κ3) is 2.36. The highest BCUT2D eigenvalue weighted by molar-refractivity contribution is 7.01. The van der Waals surface area contributed by atoms with E-state index in [-0.39, 0.29) is 0 Å². The number of benzene rings is 2. The molecule has 0 bridgehead atoms. The fourth-order valence-corrected chi connectivity index (χ4v) is 3.24. The molecule has 0 aliphatic heterocycles. The Kier molecular flexibility index (Phi) is 3.68. The van der Waals surface area contributed by atoms with Crippen LogP contribution in [-0.4, -0.2) is 19.3 Å². The molecule has 0 atom stereocenters. The van der Waals surface area contributed by atoms with Crippen LogP contribution < -0.4 is 3.69 Å². The van der Waals surface area contributed by atoms with E-state index in [1.807, 2.05) is 6.07 Å². The lowest BCUT2D eigenvalue weighted by Crippen LogP contribution is -2.13. The van der Waals surface area contributed by atoms with Crippen LogP contribution in [0.1, 0.15) is 5.56 Å². The van der Waals surface area contributed by atoms with E-state index >= 15 is 0 Å². The average Bonchev–Trinajstić information content (AvgIpc) is 2.30. The van der Waals surface area contributed by atoms with Gasteiger partial charge in [0.2, 0.25) is 0 Å². The second kappa shape index (κ2) is 5.02. The summed E-state index contributed by atoms with van der Waals surface area (Å²) in [6, 6.07) is 16.9. The topological polar surface area (TPSA) is 0 Å². The summed E-state index contributed by atoms with van der Waals surface area (Å²) < 4.78 is 1.35. The van der Waals surface area contributed by atoms with Gasteiger partial charge in [0, 0.05) is 0 Å². The minimum absolute atomic E-state index is 0.592. The van der Waals surface area contributed by atoms with Crippen molar-refractivity contribution in [2.45, 2.75) is 6.92 Å². The molecule has 0 nitrogen and oxygen atoms in total. The van der Waals surface area contributed by atoms with Crippen LogP contribution in [0.15, 0.2) is 48.5 Å². The van der Waals surface area contributed by atoms with Crippen molar-refractivity contribution in [3.63, 3.8) is 0 Å². The molecule has 0 spiro atoms. The Morgan fingerprint density at radius 1 is 0.933 bits per heavy atom. The van der Waals surface area contributed by atoms with Crippen molar-refractivity contribution in [3.8, 4) is 11.1 Å². The van der Waals surface area contributed by atoms with Gasteiger partial charge in [-0.2, -0.15) is 0 Å². The van der Waals surface area contributed by atoms with Crippen LogP contribution in [0.5, 0.6) is 0 Å². The number of rotatable bonds is 2. The molecule has 0 N–H and O–H groups in total. The average molecular weight is 227 g/mol. The van der Waals surface area contributed by atoms with Crippen molar-refractivity contribution in [2.24, 2.45) is 0 Å². The Hall–Kier alpha value is -0.504. The summed E-state index contributed by atoms with van der Waals surface area (Å²) in [6.07, 6.45) is 0. The van der Waals surface area contributed by atoms with Crippen LogP contribution in [-0.2, 0) is 0 Å². The summed E-state index contributed by atoms with van der Waals surface area (Å²) in [5, 5.41) is 0. The van der Waals surface area contributed by atoms with Crippen LogP contribution in [0, 0.1) is 6.92 Å². The maximum absolute atomic E-state index is 6.03. The van der Waals surface area contributed by atoms with Gasteiger partial charge in [-0.15, -0.1) is 3.69 Å². The van der Waals surface area contributed by atoms with Crippen molar-refractivity contribution in [1.29, 1.82) is 0 Å². The van der Waals surface area contributed by atoms with E-state index in [0.717, 1.165) is 0 Å². The zero-order valence-corrected chi connectivity index (χ0v) is 10.9. The molecule has 0 aliphatic rings. The second-order valence-corrected chi connectivity index (χ2v) is 5.42. The number of halogens is 1. The minimum atomic E-state index is -0.592. The molecular formula is C13H11ClMg. The van der Waals surface area contributed by atoms with Gasteiger partial charge in [-0.05, 0) is 18.1 Å². The normalized spacial score (nSPS) is 9.73. The lowest BCUT2D eigenvalue weighted by Gasteiger charge is -2.09. The predicted octanol–water partition coefficient (Wildman–Crippen LogP) is 3.15. The third-order valence-corrected chi connectivity index (χ3v) is 4.59. The molecular weight excluding hydrogens is 216 g/mol. The molecule has 15 heavy (non-hydrogen) atoms. The van der Waals surface area contributed by atoms with Crippen molar-refractivity contribution in [3.05, 3.63) is 54.1 Å². The molecule has 0 aliphatic carbocycles. The lowest BCUT2D eigenvalue weighted by molar-refractivity contribution is 1.49. The molecule has 0 heterocycles. The second-order valence-electron chi connectivity index (χ2n) is 3.59. The van der Waals surface area contributed by atoms with E-state index in [9.17, 15) is 0 Å². The molecule has 0 saturated carbocycles. The number of hydrogen-bond donors (Lipinski definition) is 0. The first-order chi connectivity index (χ1) is 7.33. The largest absolute Gasteiger partial charge is 0.538 e. The highest BCUT2D eigenvalue weighted by Gasteiger charge is 2.05. The van der Waals surface area contributed by atoms with Gasteiger partial charge in [0.25, 0.3) is 0 Å². The number of hydrogen-bond acceptors (Lipinski definition) is 0. The van der Waals surface area contributed by atoms with Gasteiger partial charge >= 0.3 is 19.3 Å². The van der Waals surface area contributed by atoms with Crippen molar-refractivity contribution < 1.29 is 0 Å². The maximum Gasteiger partial charge on any atom is 0.538 e. The molecule has 72 valence electrons. The van der Waals surface area contributed by atoms with E-state index in [1.54, 1.807) is 0 Å². The van der Waals surface area contributed by atoms with Crippen LogP contribution >= 0.6 is 9.07 Å². The molecule has 0 amide bonds. The summed E-state index contributed by atoms with van der Waals surface area (Å²) in [4.78, 5) is 0. The first-order valence-electron chi connectivity index (χ1n) is 5.03. The Bertz CT molecular complexity index is 451. The third-order valence-electron chi connectivity index (χ3n) is 2.67. The summed E-state index contributed by atoms with van der Waals surface area (Å²) in [5.41, 5.74) is 3.92. The summed E-state index contributed by atoms with van der Waals surface area (Å²) >= 11 is -0.592. The van der Waals surface area contributed by atoms with Crippen molar-refractivity contribution in [2.75, 3.05) is 0 Å². The zero-order valence-electron chi connectivity index (χ0n) is 8.70. The van der Waals surface area contributed by atoms with Gasteiger partial charge < -0.3 is 9.07 Å². The molecule has 2 heteroatoms. The van der Waals surface area contributed by atoms with Crippen LogP contribution in [0.2, 0.25) is 0 Å². The van der Waals surface area contributed by atoms with Gasteiger partial charge in [-0.3, -0.25) is 0 Å². The fraction of sp³-hybridized carbons (Fsp3) is 0.0769. The SMILES string of the molecule is Cc1[c]([Mg][Cl])cccc1-c1ccccc1. The summed E-state index contributed by atoms with van der Waals surface area (Å²) in [5.74, 6) is 0.